The van der Waals surface area contributed by atoms with Crippen LogP contribution in [0.4, 0.5) is 0 Å². The molecule has 0 aromatic carbocycles. The highest BCUT2D eigenvalue weighted by Gasteiger charge is 2.09. The molecule has 108 valence electrons. The zero-order valence-corrected chi connectivity index (χ0v) is 12.2. The normalized spacial score (nSPS) is 9.50. The van der Waals surface area contributed by atoms with E-state index in [0.29, 0.717) is 32.4 Å². The molecule has 0 fully saturated rings. The predicted octanol–water partition coefficient (Wildman–Crippen LogP) is 0.912. The molecule has 0 aliphatic heterocycles. The molecule has 18 heavy (non-hydrogen) atoms. The van der Waals surface area contributed by atoms with Crippen molar-refractivity contribution in [3.05, 3.63) is 0 Å². The van der Waals surface area contributed by atoms with E-state index in [0.717, 1.165) is 19.5 Å². The van der Waals surface area contributed by atoms with Crippen LogP contribution in [0.25, 0.3) is 0 Å². The first kappa shape index (κ1) is 19.5. The molecular weight excluding hydrogens is 254 g/mol. The molecule has 0 heterocycles. The lowest BCUT2D eigenvalue weighted by molar-refractivity contribution is -0.131. The Kier molecular flexibility index (Phi) is 13.7. The summed E-state index contributed by atoms with van der Waals surface area (Å²) in [7, 11) is 0. The number of halogens is 1. The molecule has 0 radical (unpaired) electrons. The zero-order chi connectivity index (χ0) is 13.1. The fraction of sp³-hybridized carbons (Fsp3) is 0.833. The maximum Gasteiger partial charge on any atom is 0.222 e. The Morgan fingerprint density at radius 2 is 1.72 bits per heavy atom. The molecule has 0 aromatic heterocycles. The molecule has 0 unspecified atom stereocenters. The van der Waals surface area contributed by atoms with Gasteiger partial charge in [0.2, 0.25) is 11.8 Å². The SMILES string of the molecule is CCN(CC)C(=O)CCCC(=O)NCCCN.Cl. The van der Waals surface area contributed by atoms with Crippen molar-refractivity contribution >= 4 is 24.2 Å². The smallest absolute Gasteiger partial charge is 0.222 e. The molecule has 3 N–H and O–H groups in total. The average Bonchev–Trinajstić information content (AvgIpc) is 2.31. The van der Waals surface area contributed by atoms with Crippen LogP contribution in [-0.2, 0) is 9.59 Å². The monoisotopic (exact) mass is 279 g/mol. The summed E-state index contributed by atoms with van der Waals surface area (Å²) in [5, 5.41) is 2.77. The first-order valence-corrected chi connectivity index (χ1v) is 6.40. The number of nitrogens with one attached hydrogen (secondary N) is 1. The Balaban J connectivity index is 0. The third kappa shape index (κ3) is 9.24. The summed E-state index contributed by atoms with van der Waals surface area (Å²) in [5.41, 5.74) is 5.32. The number of carbonyl (C=O) groups is 2. The van der Waals surface area contributed by atoms with Crippen molar-refractivity contribution in [3.63, 3.8) is 0 Å². The van der Waals surface area contributed by atoms with Gasteiger partial charge in [-0.25, -0.2) is 0 Å². The number of carbonyl (C=O) groups excluding carboxylic acids is 2. The van der Waals surface area contributed by atoms with Crippen LogP contribution in [-0.4, -0.2) is 42.9 Å². The van der Waals surface area contributed by atoms with Crippen molar-refractivity contribution in [2.24, 2.45) is 5.73 Å². The van der Waals surface area contributed by atoms with Gasteiger partial charge in [-0.1, -0.05) is 0 Å². The summed E-state index contributed by atoms with van der Waals surface area (Å²) in [5.74, 6) is 0.135. The van der Waals surface area contributed by atoms with Crippen molar-refractivity contribution < 1.29 is 9.59 Å². The van der Waals surface area contributed by atoms with E-state index in [-0.39, 0.29) is 24.2 Å². The van der Waals surface area contributed by atoms with Crippen LogP contribution in [0.5, 0.6) is 0 Å². The second-order valence-corrected chi connectivity index (χ2v) is 3.91. The highest BCUT2D eigenvalue weighted by Crippen LogP contribution is 2.01. The Bertz CT molecular complexity index is 233. The van der Waals surface area contributed by atoms with Crippen LogP contribution in [0, 0.1) is 0 Å². The van der Waals surface area contributed by atoms with E-state index in [1.54, 1.807) is 4.90 Å². The van der Waals surface area contributed by atoms with Crippen LogP contribution in [0.3, 0.4) is 0 Å². The quantitative estimate of drug-likeness (QED) is 0.616. The summed E-state index contributed by atoms with van der Waals surface area (Å²) in [6.07, 6.45) is 2.28. The topological polar surface area (TPSA) is 75.4 Å². The molecule has 0 rings (SSSR count). The second-order valence-electron chi connectivity index (χ2n) is 3.91. The van der Waals surface area contributed by atoms with E-state index in [1.165, 1.54) is 0 Å². The van der Waals surface area contributed by atoms with Crippen LogP contribution in [0.2, 0.25) is 0 Å². The molecule has 0 aliphatic rings. The third-order valence-electron chi connectivity index (χ3n) is 2.61. The van der Waals surface area contributed by atoms with E-state index in [9.17, 15) is 9.59 Å². The number of rotatable bonds is 9. The number of nitrogens with two attached hydrogens (primary N) is 1. The number of amides is 2. The number of hydrogen-bond acceptors (Lipinski definition) is 3. The van der Waals surface area contributed by atoms with Crippen LogP contribution < -0.4 is 11.1 Å². The summed E-state index contributed by atoms with van der Waals surface area (Å²) in [6, 6.07) is 0. The second kappa shape index (κ2) is 12.6. The van der Waals surface area contributed by atoms with Crippen molar-refractivity contribution in [1.82, 2.24) is 10.2 Å². The first-order chi connectivity index (χ1) is 8.15. The third-order valence-corrected chi connectivity index (χ3v) is 2.61. The van der Waals surface area contributed by atoms with Gasteiger partial charge in [0.15, 0.2) is 0 Å². The van der Waals surface area contributed by atoms with Crippen molar-refractivity contribution in [1.29, 1.82) is 0 Å². The fourth-order valence-corrected chi connectivity index (χ4v) is 1.55. The lowest BCUT2D eigenvalue weighted by Gasteiger charge is -2.18. The Morgan fingerprint density at radius 1 is 1.11 bits per heavy atom. The molecule has 0 spiro atoms. The van der Waals surface area contributed by atoms with Gasteiger partial charge in [-0.05, 0) is 33.2 Å². The van der Waals surface area contributed by atoms with Gasteiger partial charge in [-0.15, -0.1) is 12.4 Å². The first-order valence-electron chi connectivity index (χ1n) is 6.40. The molecule has 0 aromatic rings. The Labute approximate surface area is 116 Å². The lowest BCUT2D eigenvalue weighted by Crippen LogP contribution is -2.31. The minimum Gasteiger partial charge on any atom is -0.356 e. The Hall–Kier alpha value is -0.810. The highest BCUT2D eigenvalue weighted by atomic mass is 35.5. The van der Waals surface area contributed by atoms with E-state index < -0.39 is 0 Å². The summed E-state index contributed by atoms with van der Waals surface area (Å²) < 4.78 is 0. The van der Waals surface area contributed by atoms with E-state index in [4.69, 9.17) is 5.73 Å². The van der Waals surface area contributed by atoms with Crippen LogP contribution >= 0.6 is 12.4 Å². The van der Waals surface area contributed by atoms with Gasteiger partial charge in [-0.3, -0.25) is 9.59 Å². The van der Waals surface area contributed by atoms with Gasteiger partial charge in [0, 0.05) is 32.5 Å². The summed E-state index contributed by atoms with van der Waals surface area (Å²) >= 11 is 0. The molecular formula is C12H26ClN3O2. The Morgan fingerprint density at radius 3 is 2.22 bits per heavy atom. The highest BCUT2D eigenvalue weighted by molar-refractivity contribution is 5.85. The zero-order valence-electron chi connectivity index (χ0n) is 11.4. The predicted molar refractivity (Wildman–Crippen MR) is 75.7 cm³/mol. The molecule has 0 saturated heterocycles. The number of nitrogens with zero attached hydrogens (tertiary/aromatic N) is 1. The summed E-state index contributed by atoms with van der Waals surface area (Å²) in [6.45, 7) is 6.60. The largest absolute Gasteiger partial charge is 0.356 e. The number of hydrogen-bond donors (Lipinski definition) is 2. The molecule has 0 bridgehead atoms. The standard InChI is InChI=1S/C12H25N3O2.ClH/c1-3-15(4-2)12(17)8-5-7-11(16)14-10-6-9-13;/h3-10,13H2,1-2H3,(H,14,16);1H. The van der Waals surface area contributed by atoms with Crippen LogP contribution in [0.15, 0.2) is 0 Å². The van der Waals surface area contributed by atoms with Gasteiger partial charge < -0.3 is 16.0 Å². The van der Waals surface area contributed by atoms with Gasteiger partial charge in [-0.2, -0.15) is 0 Å². The average molecular weight is 280 g/mol. The molecule has 0 aliphatic carbocycles. The lowest BCUT2D eigenvalue weighted by atomic mass is 10.2. The summed E-state index contributed by atoms with van der Waals surface area (Å²) in [4.78, 5) is 24.7. The molecule has 0 saturated carbocycles. The fourth-order valence-electron chi connectivity index (χ4n) is 1.55. The maximum absolute atomic E-state index is 11.6. The van der Waals surface area contributed by atoms with E-state index >= 15 is 0 Å². The van der Waals surface area contributed by atoms with Crippen molar-refractivity contribution in [2.45, 2.75) is 39.5 Å². The van der Waals surface area contributed by atoms with Gasteiger partial charge in [0.25, 0.3) is 0 Å². The van der Waals surface area contributed by atoms with Crippen molar-refractivity contribution in [3.8, 4) is 0 Å². The van der Waals surface area contributed by atoms with Crippen LogP contribution in [0.1, 0.15) is 39.5 Å². The van der Waals surface area contributed by atoms with Gasteiger partial charge in [0.05, 0.1) is 0 Å². The molecule has 0 atom stereocenters. The van der Waals surface area contributed by atoms with Gasteiger partial charge >= 0.3 is 0 Å². The molecule has 6 heteroatoms. The van der Waals surface area contributed by atoms with Gasteiger partial charge in [0.1, 0.15) is 0 Å². The maximum atomic E-state index is 11.6. The molecule has 5 nitrogen and oxygen atoms in total. The van der Waals surface area contributed by atoms with E-state index in [2.05, 4.69) is 5.32 Å². The molecule has 2 amide bonds. The minimum absolute atomic E-state index is 0. The van der Waals surface area contributed by atoms with E-state index in [1.807, 2.05) is 13.8 Å². The van der Waals surface area contributed by atoms with Crippen molar-refractivity contribution in [2.75, 3.05) is 26.2 Å². The minimum atomic E-state index is 0.